The Balaban J connectivity index is 2.46. The van der Waals surface area contributed by atoms with Crippen LogP contribution in [0.25, 0.3) is 10.9 Å². The van der Waals surface area contributed by atoms with Gasteiger partial charge in [0, 0.05) is 15.3 Å². The lowest BCUT2D eigenvalue weighted by atomic mass is 10.2. The van der Waals surface area contributed by atoms with Gasteiger partial charge < -0.3 is 14.5 Å². The van der Waals surface area contributed by atoms with E-state index in [-0.39, 0.29) is 24.0 Å². The van der Waals surface area contributed by atoms with Gasteiger partial charge >= 0.3 is 11.9 Å². The van der Waals surface area contributed by atoms with E-state index in [1.807, 2.05) is 0 Å². The molecule has 0 saturated heterocycles. The number of hydrogen-bond acceptors (Lipinski definition) is 5. The van der Waals surface area contributed by atoms with Crippen molar-refractivity contribution in [1.82, 2.24) is 4.98 Å². The summed E-state index contributed by atoms with van der Waals surface area (Å²) in [4.78, 5) is 27.3. The SMILES string of the molecule is CCOC(=O)CSc1c(C(=O)OCC)[nH]c2cc(Cl)cc(Cl)c12. The first kappa shape index (κ1) is 18.0. The van der Waals surface area contributed by atoms with Crippen molar-refractivity contribution in [2.45, 2.75) is 18.7 Å². The van der Waals surface area contributed by atoms with Gasteiger partial charge in [-0.25, -0.2) is 4.79 Å². The number of ether oxygens (including phenoxy) is 2. The lowest BCUT2D eigenvalue weighted by Gasteiger charge is -2.05. The van der Waals surface area contributed by atoms with Crippen LogP contribution in [0.2, 0.25) is 10.0 Å². The summed E-state index contributed by atoms with van der Waals surface area (Å²) in [5.41, 5.74) is 0.859. The van der Waals surface area contributed by atoms with E-state index in [2.05, 4.69) is 4.98 Å². The Hall–Kier alpha value is -1.37. The quantitative estimate of drug-likeness (QED) is 0.601. The van der Waals surface area contributed by atoms with Crippen molar-refractivity contribution in [2.75, 3.05) is 19.0 Å². The first-order valence-electron chi connectivity index (χ1n) is 6.94. The number of carbonyl (C=O) groups excluding carboxylic acids is 2. The molecule has 1 aromatic heterocycles. The average molecular weight is 376 g/mol. The number of aromatic nitrogens is 1. The van der Waals surface area contributed by atoms with Crippen molar-refractivity contribution in [1.29, 1.82) is 0 Å². The number of thioether (sulfide) groups is 1. The molecule has 0 atom stereocenters. The van der Waals surface area contributed by atoms with E-state index in [1.54, 1.807) is 26.0 Å². The minimum atomic E-state index is -0.512. The topological polar surface area (TPSA) is 68.4 Å². The maximum Gasteiger partial charge on any atom is 0.355 e. The fourth-order valence-electron chi connectivity index (χ4n) is 2.04. The Kier molecular flexibility index (Phi) is 6.21. The number of rotatable bonds is 6. The van der Waals surface area contributed by atoms with Gasteiger partial charge in [-0.2, -0.15) is 0 Å². The van der Waals surface area contributed by atoms with Gasteiger partial charge in [0.2, 0.25) is 0 Å². The minimum Gasteiger partial charge on any atom is -0.465 e. The van der Waals surface area contributed by atoms with Gasteiger partial charge in [0.15, 0.2) is 0 Å². The summed E-state index contributed by atoms with van der Waals surface area (Å²) in [6.45, 7) is 3.99. The van der Waals surface area contributed by atoms with E-state index in [0.717, 1.165) is 0 Å². The molecule has 2 rings (SSSR count). The summed E-state index contributed by atoms with van der Waals surface area (Å²) < 4.78 is 9.96. The summed E-state index contributed by atoms with van der Waals surface area (Å²) in [6.07, 6.45) is 0. The second kappa shape index (κ2) is 7.95. The fraction of sp³-hybridized carbons (Fsp3) is 0.333. The van der Waals surface area contributed by atoms with E-state index >= 15 is 0 Å². The molecule has 0 bridgehead atoms. The molecule has 1 N–H and O–H groups in total. The van der Waals surface area contributed by atoms with Crippen LogP contribution in [0.4, 0.5) is 0 Å². The zero-order valence-corrected chi connectivity index (χ0v) is 14.9. The smallest absolute Gasteiger partial charge is 0.355 e. The van der Waals surface area contributed by atoms with Crippen molar-refractivity contribution in [3.63, 3.8) is 0 Å². The lowest BCUT2D eigenvalue weighted by Crippen LogP contribution is -2.09. The van der Waals surface area contributed by atoms with Crippen molar-refractivity contribution < 1.29 is 19.1 Å². The van der Waals surface area contributed by atoms with Gasteiger partial charge in [0.1, 0.15) is 5.69 Å². The first-order valence-corrected chi connectivity index (χ1v) is 8.68. The van der Waals surface area contributed by atoms with Crippen molar-refractivity contribution in [2.24, 2.45) is 0 Å². The number of hydrogen-bond donors (Lipinski definition) is 1. The number of aromatic amines is 1. The van der Waals surface area contributed by atoms with Crippen LogP contribution < -0.4 is 0 Å². The molecular weight excluding hydrogens is 361 g/mol. The number of esters is 2. The highest BCUT2D eigenvalue weighted by atomic mass is 35.5. The second-order valence-corrected chi connectivity index (χ2v) is 6.28. The first-order chi connectivity index (χ1) is 11.0. The predicted molar refractivity (Wildman–Crippen MR) is 91.6 cm³/mol. The van der Waals surface area contributed by atoms with Crippen LogP contribution in [0.3, 0.4) is 0 Å². The Morgan fingerprint density at radius 2 is 1.87 bits per heavy atom. The molecule has 5 nitrogen and oxygen atoms in total. The number of benzene rings is 1. The van der Waals surface area contributed by atoms with Crippen molar-refractivity contribution in [3.05, 3.63) is 27.9 Å². The summed E-state index contributed by atoms with van der Waals surface area (Å²) in [5.74, 6) is -0.819. The fourth-order valence-corrected chi connectivity index (χ4v) is 3.68. The lowest BCUT2D eigenvalue weighted by molar-refractivity contribution is -0.139. The number of halogens is 2. The third-order valence-corrected chi connectivity index (χ3v) is 4.48. The summed E-state index contributed by atoms with van der Waals surface area (Å²) in [5, 5.41) is 1.47. The highest BCUT2D eigenvalue weighted by molar-refractivity contribution is 8.00. The van der Waals surface area contributed by atoms with Crippen LogP contribution in [0, 0.1) is 0 Å². The van der Waals surface area contributed by atoms with Crippen LogP contribution in [0.1, 0.15) is 24.3 Å². The molecule has 8 heteroatoms. The summed E-state index contributed by atoms with van der Waals surface area (Å²) in [7, 11) is 0. The Bertz CT molecular complexity index is 745. The maximum atomic E-state index is 12.1. The van der Waals surface area contributed by atoms with Crippen LogP contribution in [-0.2, 0) is 14.3 Å². The molecule has 2 aromatic rings. The minimum absolute atomic E-state index is 0.0617. The zero-order chi connectivity index (χ0) is 17.0. The Labute approximate surface area is 147 Å². The van der Waals surface area contributed by atoms with Crippen molar-refractivity contribution in [3.8, 4) is 0 Å². The monoisotopic (exact) mass is 375 g/mol. The van der Waals surface area contributed by atoms with E-state index in [0.29, 0.717) is 32.5 Å². The Morgan fingerprint density at radius 1 is 1.17 bits per heavy atom. The molecule has 124 valence electrons. The third-order valence-electron chi connectivity index (χ3n) is 2.89. The molecule has 0 aliphatic carbocycles. The van der Waals surface area contributed by atoms with Crippen LogP contribution in [0.5, 0.6) is 0 Å². The van der Waals surface area contributed by atoms with Crippen LogP contribution in [0.15, 0.2) is 17.0 Å². The molecule has 1 aromatic carbocycles. The highest BCUT2D eigenvalue weighted by Crippen LogP contribution is 2.38. The maximum absolute atomic E-state index is 12.1. The summed E-state index contributed by atoms with van der Waals surface area (Å²) in [6, 6.07) is 3.25. The largest absolute Gasteiger partial charge is 0.465 e. The van der Waals surface area contributed by atoms with Crippen LogP contribution >= 0.6 is 35.0 Å². The van der Waals surface area contributed by atoms with Gasteiger partial charge in [0.05, 0.1) is 29.5 Å². The van der Waals surface area contributed by atoms with Gasteiger partial charge in [0.25, 0.3) is 0 Å². The van der Waals surface area contributed by atoms with Crippen molar-refractivity contribution >= 4 is 57.8 Å². The molecule has 0 aliphatic rings. The van der Waals surface area contributed by atoms with Gasteiger partial charge in [-0.05, 0) is 26.0 Å². The van der Waals surface area contributed by atoms with E-state index in [4.69, 9.17) is 32.7 Å². The normalized spacial score (nSPS) is 10.8. The molecule has 0 amide bonds. The average Bonchev–Trinajstić information content (AvgIpc) is 2.84. The zero-order valence-electron chi connectivity index (χ0n) is 12.6. The molecule has 0 spiro atoms. The van der Waals surface area contributed by atoms with Crippen LogP contribution in [-0.4, -0.2) is 35.9 Å². The number of fused-ring (bicyclic) bond motifs is 1. The van der Waals surface area contributed by atoms with E-state index < -0.39 is 5.97 Å². The molecule has 0 saturated carbocycles. The Morgan fingerprint density at radius 3 is 2.52 bits per heavy atom. The van der Waals surface area contributed by atoms with E-state index in [1.165, 1.54) is 11.8 Å². The van der Waals surface area contributed by atoms with E-state index in [9.17, 15) is 9.59 Å². The highest BCUT2D eigenvalue weighted by Gasteiger charge is 2.22. The summed E-state index contributed by atoms with van der Waals surface area (Å²) >= 11 is 13.4. The second-order valence-electron chi connectivity index (χ2n) is 4.45. The standard InChI is InChI=1S/C15H15Cl2NO4S/c1-3-21-11(19)7-23-14-12-9(17)5-8(16)6-10(12)18-13(14)15(20)22-4-2/h5-6,18H,3-4,7H2,1-2H3. The third kappa shape index (κ3) is 4.13. The van der Waals surface area contributed by atoms with Gasteiger partial charge in [-0.3, -0.25) is 4.79 Å². The molecule has 1 heterocycles. The molecule has 0 aliphatic heterocycles. The number of H-pyrrole nitrogens is 1. The molecule has 0 unspecified atom stereocenters. The van der Waals surface area contributed by atoms with Gasteiger partial charge in [-0.1, -0.05) is 23.2 Å². The number of nitrogens with one attached hydrogen (secondary N) is 1. The van der Waals surface area contributed by atoms with Gasteiger partial charge in [-0.15, -0.1) is 11.8 Å². The molecule has 23 heavy (non-hydrogen) atoms. The number of carbonyl (C=O) groups is 2. The molecule has 0 fully saturated rings. The molecule has 0 radical (unpaired) electrons. The molecular formula is C15H15Cl2NO4S. The predicted octanol–water partition coefficient (Wildman–Crippen LogP) is 4.31.